The number of hydrogen-bond donors (Lipinski definition) is 1. The molecule has 3 nitrogen and oxygen atoms in total. The molecular weight excluding hydrogens is 327 g/mol. The van der Waals surface area contributed by atoms with Gasteiger partial charge in [-0.05, 0) is 60.8 Å². The second kappa shape index (κ2) is 10.1. The van der Waals surface area contributed by atoms with Gasteiger partial charge in [0.15, 0.2) is 0 Å². The van der Waals surface area contributed by atoms with Crippen LogP contribution >= 0.6 is 0 Å². The van der Waals surface area contributed by atoms with Gasteiger partial charge in [0.05, 0.1) is 12.8 Å². The molecule has 138 valence electrons. The zero-order valence-corrected chi connectivity index (χ0v) is 15.1. The second-order valence-corrected chi connectivity index (χ2v) is 7.06. The highest BCUT2D eigenvalue weighted by molar-refractivity contribution is 5.79. The maximum absolute atomic E-state index is 12.8. The first-order valence-electron chi connectivity index (χ1n) is 9.43. The van der Waals surface area contributed by atoms with Gasteiger partial charge < -0.3 is 10.2 Å². The SMILES string of the molecule is Fc1ccc(/C=N/NC[C@H]2CC[C@H](COCc3ccccc3)CC2)cc1. The van der Waals surface area contributed by atoms with Crippen LogP contribution in [0.25, 0.3) is 0 Å². The third-order valence-electron chi connectivity index (χ3n) is 4.99. The highest BCUT2D eigenvalue weighted by atomic mass is 19.1. The largest absolute Gasteiger partial charge is 0.376 e. The number of ether oxygens (including phenoxy) is 1. The average molecular weight is 354 g/mol. The van der Waals surface area contributed by atoms with Crippen LogP contribution in [0.3, 0.4) is 0 Å². The molecule has 0 unspecified atom stereocenters. The molecule has 3 rings (SSSR count). The molecule has 0 heterocycles. The molecule has 1 N–H and O–H groups in total. The Morgan fingerprint density at radius 3 is 2.38 bits per heavy atom. The van der Waals surface area contributed by atoms with Crippen molar-refractivity contribution < 1.29 is 9.13 Å². The first-order valence-corrected chi connectivity index (χ1v) is 9.43. The zero-order chi connectivity index (χ0) is 18.0. The molecule has 0 amide bonds. The number of hydrogen-bond acceptors (Lipinski definition) is 3. The maximum atomic E-state index is 12.8. The van der Waals surface area contributed by atoms with E-state index < -0.39 is 0 Å². The smallest absolute Gasteiger partial charge is 0.123 e. The Kier molecular flexibility index (Phi) is 7.20. The van der Waals surface area contributed by atoms with Crippen molar-refractivity contribution >= 4 is 6.21 Å². The fourth-order valence-electron chi connectivity index (χ4n) is 3.37. The summed E-state index contributed by atoms with van der Waals surface area (Å²) in [5, 5.41) is 4.25. The van der Waals surface area contributed by atoms with Gasteiger partial charge in [0, 0.05) is 13.2 Å². The predicted molar refractivity (Wildman–Crippen MR) is 104 cm³/mol. The molecule has 0 atom stereocenters. The predicted octanol–water partition coefficient (Wildman–Crippen LogP) is 4.77. The van der Waals surface area contributed by atoms with Crippen molar-refractivity contribution in [2.24, 2.45) is 16.9 Å². The van der Waals surface area contributed by atoms with Crippen LogP contribution in [0.1, 0.15) is 36.8 Å². The molecule has 0 radical (unpaired) electrons. The molecule has 0 bridgehead atoms. The summed E-state index contributed by atoms with van der Waals surface area (Å²) in [6, 6.07) is 16.7. The Hall–Kier alpha value is -2.20. The number of benzene rings is 2. The van der Waals surface area contributed by atoms with E-state index in [-0.39, 0.29) is 5.82 Å². The maximum Gasteiger partial charge on any atom is 0.123 e. The van der Waals surface area contributed by atoms with Crippen molar-refractivity contribution in [1.82, 2.24) is 5.43 Å². The number of nitrogens with one attached hydrogen (secondary N) is 1. The molecular formula is C22H27FN2O. The topological polar surface area (TPSA) is 33.6 Å². The molecule has 0 spiro atoms. The molecule has 1 fully saturated rings. The zero-order valence-electron chi connectivity index (χ0n) is 15.1. The van der Waals surface area contributed by atoms with Crippen molar-refractivity contribution in [3.63, 3.8) is 0 Å². The summed E-state index contributed by atoms with van der Waals surface area (Å²) < 4.78 is 18.7. The molecule has 26 heavy (non-hydrogen) atoms. The number of halogens is 1. The number of nitrogens with zero attached hydrogens (tertiary/aromatic N) is 1. The van der Waals surface area contributed by atoms with Gasteiger partial charge in [-0.1, -0.05) is 42.5 Å². The summed E-state index contributed by atoms with van der Waals surface area (Å²) >= 11 is 0. The van der Waals surface area contributed by atoms with E-state index in [1.165, 1.54) is 43.4 Å². The molecule has 0 aromatic heterocycles. The monoisotopic (exact) mass is 354 g/mol. The number of hydrazone groups is 1. The van der Waals surface area contributed by atoms with Crippen LogP contribution < -0.4 is 5.43 Å². The lowest BCUT2D eigenvalue weighted by atomic mass is 9.82. The van der Waals surface area contributed by atoms with Crippen LogP contribution in [-0.4, -0.2) is 19.4 Å². The van der Waals surface area contributed by atoms with Crippen molar-refractivity contribution in [2.75, 3.05) is 13.2 Å². The molecule has 2 aromatic carbocycles. The van der Waals surface area contributed by atoms with E-state index in [9.17, 15) is 4.39 Å². The van der Waals surface area contributed by atoms with Gasteiger partial charge >= 0.3 is 0 Å². The van der Waals surface area contributed by atoms with E-state index in [0.717, 1.165) is 18.7 Å². The summed E-state index contributed by atoms with van der Waals surface area (Å²) in [4.78, 5) is 0. The lowest BCUT2D eigenvalue weighted by Gasteiger charge is -2.28. The van der Waals surface area contributed by atoms with E-state index in [0.29, 0.717) is 18.4 Å². The lowest BCUT2D eigenvalue weighted by Crippen LogP contribution is -2.25. The number of rotatable bonds is 8. The molecule has 0 saturated heterocycles. The van der Waals surface area contributed by atoms with E-state index in [1.807, 2.05) is 6.07 Å². The summed E-state index contributed by atoms with van der Waals surface area (Å²) in [7, 11) is 0. The Morgan fingerprint density at radius 2 is 1.65 bits per heavy atom. The summed E-state index contributed by atoms with van der Waals surface area (Å²) in [5.41, 5.74) is 5.28. The molecule has 4 heteroatoms. The minimum absolute atomic E-state index is 0.223. The Morgan fingerprint density at radius 1 is 0.962 bits per heavy atom. The van der Waals surface area contributed by atoms with Gasteiger partial charge in [-0.2, -0.15) is 5.10 Å². The van der Waals surface area contributed by atoms with Crippen molar-refractivity contribution in [3.05, 3.63) is 71.5 Å². The first kappa shape index (κ1) is 18.6. The summed E-state index contributed by atoms with van der Waals surface area (Å²) in [6.45, 7) is 2.47. The Bertz CT molecular complexity index is 664. The minimum atomic E-state index is -0.223. The van der Waals surface area contributed by atoms with Crippen LogP contribution in [0.4, 0.5) is 4.39 Å². The van der Waals surface area contributed by atoms with Crippen LogP contribution in [-0.2, 0) is 11.3 Å². The molecule has 0 aliphatic heterocycles. The van der Waals surface area contributed by atoms with E-state index in [4.69, 9.17) is 4.74 Å². The Labute approximate surface area is 155 Å². The highest BCUT2D eigenvalue weighted by Gasteiger charge is 2.21. The lowest BCUT2D eigenvalue weighted by molar-refractivity contribution is 0.0671. The molecule has 1 aliphatic rings. The van der Waals surface area contributed by atoms with Crippen LogP contribution in [0.5, 0.6) is 0 Å². The second-order valence-electron chi connectivity index (χ2n) is 7.06. The summed E-state index contributed by atoms with van der Waals surface area (Å²) in [6.07, 6.45) is 6.63. The van der Waals surface area contributed by atoms with E-state index >= 15 is 0 Å². The highest BCUT2D eigenvalue weighted by Crippen LogP contribution is 2.28. The molecule has 1 saturated carbocycles. The van der Waals surface area contributed by atoms with Crippen molar-refractivity contribution in [3.8, 4) is 0 Å². The summed E-state index contributed by atoms with van der Waals surface area (Å²) in [5.74, 6) is 1.13. The van der Waals surface area contributed by atoms with Crippen molar-refractivity contribution in [2.45, 2.75) is 32.3 Å². The fraction of sp³-hybridized carbons (Fsp3) is 0.409. The third-order valence-corrected chi connectivity index (χ3v) is 4.99. The normalized spacial score (nSPS) is 20.3. The van der Waals surface area contributed by atoms with Gasteiger partial charge in [-0.15, -0.1) is 0 Å². The molecule has 1 aliphatic carbocycles. The van der Waals surface area contributed by atoms with Crippen LogP contribution in [0.15, 0.2) is 59.7 Å². The van der Waals surface area contributed by atoms with Gasteiger partial charge in [-0.3, -0.25) is 0 Å². The average Bonchev–Trinajstić information content (AvgIpc) is 2.69. The Balaban J connectivity index is 1.28. The first-order chi connectivity index (χ1) is 12.8. The van der Waals surface area contributed by atoms with Gasteiger partial charge in [0.2, 0.25) is 0 Å². The standard InChI is InChI=1S/C22H27FN2O/c23-22-12-10-19(11-13-22)15-25-24-14-18-6-8-21(9-7-18)17-26-16-20-4-2-1-3-5-20/h1-5,10-13,15,18,21,24H,6-9,14,16-17H2/b25-15+/t18-,21-. The van der Waals surface area contributed by atoms with Gasteiger partial charge in [0.1, 0.15) is 5.82 Å². The van der Waals surface area contributed by atoms with E-state index in [2.05, 4.69) is 34.8 Å². The third kappa shape index (κ3) is 6.26. The fourth-order valence-corrected chi connectivity index (χ4v) is 3.37. The van der Waals surface area contributed by atoms with Gasteiger partial charge in [-0.25, -0.2) is 4.39 Å². The van der Waals surface area contributed by atoms with Gasteiger partial charge in [0.25, 0.3) is 0 Å². The van der Waals surface area contributed by atoms with Crippen molar-refractivity contribution in [1.29, 1.82) is 0 Å². The quantitative estimate of drug-likeness (QED) is 0.547. The molecule has 2 aromatic rings. The van der Waals surface area contributed by atoms with E-state index in [1.54, 1.807) is 18.3 Å². The van der Waals surface area contributed by atoms with Crippen LogP contribution in [0, 0.1) is 17.7 Å². The van der Waals surface area contributed by atoms with Crippen LogP contribution in [0.2, 0.25) is 0 Å². The minimum Gasteiger partial charge on any atom is -0.376 e.